The van der Waals surface area contributed by atoms with Crippen LogP contribution < -0.4 is 5.46 Å². The second-order valence-corrected chi connectivity index (χ2v) is 4.69. The van der Waals surface area contributed by atoms with Crippen LogP contribution in [0, 0.1) is 0 Å². The summed E-state index contributed by atoms with van der Waals surface area (Å²) in [5.74, 6) is 0.125. The van der Waals surface area contributed by atoms with Crippen molar-refractivity contribution in [1.29, 1.82) is 0 Å². The first-order valence-electron chi connectivity index (χ1n) is 5.29. The Bertz CT molecular complexity index is 356. The lowest BCUT2D eigenvalue weighted by Gasteiger charge is -2.09. The topological polar surface area (TPSA) is 29.5 Å². The largest absolute Gasteiger partial charge is 0.424 e. The molecule has 0 fully saturated rings. The van der Waals surface area contributed by atoms with Gasteiger partial charge < -0.3 is 9.76 Å². The molecule has 0 aliphatic carbocycles. The Morgan fingerprint density at radius 1 is 1.53 bits per heavy atom. The molecule has 1 atom stereocenters. The van der Waals surface area contributed by atoms with Crippen molar-refractivity contribution in [1.82, 2.24) is 0 Å². The summed E-state index contributed by atoms with van der Waals surface area (Å²) in [4.78, 5) is 1.15. The van der Waals surface area contributed by atoms with E-state index in [4.69, 9.17) is 9.76 Å². The maximum atomic E-state index is 8.98. The Morgan fingerprint density at radius 3 is 3.00 bits per heavy atom. The van der Waals surface area contributed by atoms with Crippen LogP contribution in [0.4, 0.5) is 0 Å². The van der Waals surface area contributed by atoms with Crippen LogP contribution in [0.1, 0.15) is 25.0 Å². The summed E-state index contributed by atoms with van der Waals surface area (Å²) in [6.07, 6.45) is 1.24. The summed E-state index contributed by atoms with van der Waals surface area (Å²) in [6.45, 7) is 4.37. The number of aliphatic hydroxyl groups excluding tert-OH is 1. The van der Waals surface area contributed by atoms with Crippen LogP contribution in [0.15, 0.2) is 23.1 Å². The van der Waals surface area contributed by atoms with Gasteiger partial charge >= 0.3 is 6.92 Å². The molecule has 0 aromatic heterocycles. The summed E-state index contributed by atoms with van der Waals surface area (Å²) < 4.78 is 5.87. The third kappa shape index (κ3) is 1.94. The maximum Gasteiger partial charge on any atom is 0.325 e. The fraction of sp³-hybridized carbons (Fsp3) is 0.455. The van der Waals surface area contributed by atoms with E-state index in [1.165, 1.54) is 22.8 Å². The molecule has 2 rings (SSSR count). The first kappa shape index (κ1) is 11.1. The molecule has 1 heterocycles. The molecule has 0 spiro atoms. The highest BCUT2D eigenvalue weighted by Crippen LogP contribution is 2.30. The minimum Gasteiger partial charge on any atom is -0.424 e. The quantitative estimate of drug-likeness (QED) is 0.482. The summed E-state index contributed by atoms with van der Waals surface area (Å²) in [7, 11) is 0. The molecular formula is C11H15BO2S. The van der Waals surface area contributed by atoms with E-state index in [-0.39, 0.29) is 19.0 Å². The lowest BCUT2D eigenvalue weighted by Crippen LogP contribution is -2.26. The van der Waals surface area contributed by atoms with E-state index in [0.717, 1.165) is 11.3 Å². The number of hydrogen-bond acceptors (Lipinski definition) is 3. The number of fused-ring (bicyclic) bond motifs is 1. The molecule has 1 aromatic carbocycles. The van der Waals surface area contributed by atoms with Crippen LogP contribution in [0.25, 0.3) is 0 Å². The van der Waals surface area contributed by atoms with E-state index >= 15 is 0 Å². The van der Waals surface area contributed by atoms with Crippen LogP contribution >= 0.6 is 11.8 Å². The molecule has 1 aromatic rings. The van der Waals surface area contributed by atoms with Gasteiger partial charge in [-0.1, -0.05) is 37.6 Å². The van der Waals surface area contributed by atoms with Crippen LogP contribution in [0.2, 0.25) is 6.82 Å². The zero-order valence-corrected chi connectivity index (χ0v) is 9.88. The van der Waals surface area contributed by atoms with Gasteiger partial charge in [-0.15, -0.1) is 0 Å². The minimum absolute atomic E-state index is 0.125. The zero-order chi connectivity index (χ0) is 10.8. The van der Waals surface area contributed by atoms with Crippen LogP contribution in [-0.2, 0) is 4.65 Å². The van der Waals surface area contributed by atoms with Gasteiger partial charge in [0.15, 0.2) is 0 Å². The number of hydrogen-bond donors (Lipinski definition) is 1. The Kier molecular flexibility index (Phi) is 3.39. The lowest BCUT2D eigenvalue weighted by molar-refractivity contribution is 0.221. The van der Waals surface area contributed by atoms with Crippen molar-refractivity contribution in [3.63, 3.8) is 0 Å². The van der Waals surface area contributed by atoms with E-state index in [9.17, 15) is 0 Å². The molecule has 15 heavy (non-hydrogen) atoms. The smallest absolute Gasteiger partial charge is 0.325 e. The fourth-order valence-electron chi connectivity index (χ4n) is 2.18. The summed E-state index contributed by atoms with van der Waals surface area (Å²) >= 11 is 1.47. The van der Waals surface area contributed by atoms with Gasteiger partial charge in [-0.3, -0.25) is 0 Å². The van der Waals surface area contributed by atoms with Crippen LogP contribution in [0.5, 0.6) is 0 Å². The van der Waals surface area contributed by atoms with Crippen molar-refractivity contribution in [2.24, 2.45) is 0 Å². The third-order valence-electron chi connectivity index (χ3n) is 2.81. The Hall–Kier alpha value is -0.445. The first-order chi connectivity index (χ1) is 7.27. The molecule has 0 saturated carbocycles. The predicted octanol–water partition coefficient (Wildman–Crippen LogP) is 2.04. The number of thioether (sulfide) groups is 1. The normalized spacial score (nSPS) is 19.4. The maximum absolute atomic E-state index is 8.98. The van der Waals surface area contributed by atoms with E-state index in [1.54, 1.807) is 0 Å². The van der Waals surface area contributed by atoms with Gasteiger partial charge in [0.05, 0.1) is 12.0 Å². The monoisotopic (exact) mass is 222 g/mol. The Labute approximate surface area is 95.1 Å². The lowest BCUT2D eigenvalue weighted by atomic mass is 9.64. The highest BCUT2D eigenvalue weighted by Gasteiger charge is 2.32. The summed E-state index contributed by atoms with van der Waals surface area (Å²) in [5, 5.41) is 8.98. The number of aliphatic hydroxyl groups is 1. The predicted molar refractivity (Wildman–Crippen MR) is 64.8 cm³/mol. The molecule has 4 heteroatoms. The van der Waals surface area contributed by atoms with Crippen molar-refractivity contribution in [3.05, 3.63) is 23.8 Å². The molecule has 0 unspecified atom stereocenters. The van der Waals surface area contributed by atoms with Gasteiger partial charge in [0, 0.05) is 4.90 Å². The highest BCUT2D eigenvalue weighted by atomic mass is 32.2. The molecule has 0 bridgehead atoms. The van der Waals surface area contributed by atoms with E-state index in [1.807, 2.05) is 6.07 Å². The van der Waals surface area contributed by atoms with Crippen molar-refractivity contribution in [3.8, 4) is 0 Å². The molecule has 0 saturated heterocycles. The van der Waals surface area contributed by atoms with E-state index in [2.05, 4.69) is 25.9 Å². The molecule has 2 nitrogen and oxygen atoms in total. The Morgan fingerprint density at radius 2 is 2.33 bits per heavy atom. The van der Waals surface area contributed by atoms with Gasteiger partial charge in [-0.2, -0.15) is 0 Å². The average molecular weight is 222 g/mol. The SMILES string of the molecule is CC[C@@H]1OB(C)c2c(SCO)cccc21. The molecule has 1 aliphatic heterocycles. The third-order valence-corrected chi connectivity index (χ3v) is 3.61. The highest BCUT2D eigenvalue weighted by molar-refractivity contribution is 7.99. The summed E-state index contributed by atoms with van der Waals surface area (Å²) in [6, 6.07) is 6.23. The molecular weight excluding hydrogens is 207 g/mol. The first-order valence-corrected chi connectivity index (χ1v) is 6.28. The molecule has 0 radical (unpaired) electrons. The average Bonchev–Trinajstić information content (AvgIpc) is 2.57. The van der Waals surface area contributed by atoms with Crippen molar-refractivity contribution >= 4 is 24.1 Å². The standard InChI is InChI=1S/C11H15BO2S/c1-3-9-8-5-4-6-10(15-7-13)11(8)12(2)14-9/h4-6,9,13H,3,7H2,1-2H3/t9-/m0/s1. The van der Waals surface area contributed by atoms with Gasteiger partial charge in [-0.25, -0.2) is 0 Å². The second kappa shape index (κ2) is 4.60. The van der Waals surface area contributed by atoms with E-state index < -0.39 is 0 Å². The van der Waals surface area contributed by atoms with Crippen molar-refractivity contribution in [2.45, 2.75) is 31.2 Å². The summed E-state index contributed by atoms with van der Waals surface area (Å²) in [5.41, 5.74) is 2.56. The van der Waals surface area contributed by atoms with Gasteiger partial charge in [0.2, 0.25) is 0 Å². The fourth-order valence-corrected chi connectivity index (χ4v) is 2.93. The van der Waals surface area contributed by atoms with Gasteiger partial charge in [-0.05, 0) is 23.5 Å². The molecule has 1 aliphatic rings. The molecule has 0 amide bonds. The Balaban J connectivity index is 2.42. The second-order valence-electron chi connectivity index (χ2n) is 3.71. The van der Waals surface area contributed by atoms with Crippen molar-refractivity contribution < 1.29 is 9.76 Å². The van der Waals surface area contributed by atoms with Gasteiger partial charge in [0.1, 0.15) is 0 Å². The van der Waals surface area contributed by atoms with E-state index in [0.29, 0.717) is 0 Å². The number of rotatable bonds is 3. The van der Waals surface area contributed by atoms with Crippen LogP contribution in [-0.4, -0.2) is 18.0 Å². The minimum atomic E-state index is 0.125. The van der Waals surface area contributed by atoms with Crippen LogP contribution in [0.3, 0.4) is 0 Å². The van der Waals surface area contributed by atoms with Crippen molar-refractivity contribution in [2.75, 3.05) is 5.94 Å². The zero-order valence-electron chi connectivity index (χ0n) is 9.06. The molecule has 1 N–H and O–H groups in total. The molecule has 80 valence electrons. The number of benzene rings is 1. The van der Waals surface area contributed by atoms with Gasteiger partial charge in [0.25, 0.3) is 0 Å².